The first-order valence-corrected chi connectivity index (χ1v) is 7.87. The van der Waals surface area contributed by atoms with Crippen molar-refractivity contribution < 1.29 is 8.76 Å². The van der Waals surface area contributed by atoms with Crippen LogP contribution >= 0.6 is 0 Å². The standard InChI is InChI=1S/C13H15N5O2S/c19-21(20)7-1-2-11-14-6-5-12(15-11)16-13-8-10(17-18-13)9-3-4-9/h1-2,5-6,8-9H,3-4,7H2,(H,19,20)(H2,14,15,16,17,18). The molecule has 0 aliphatic heterocycles. The highest BCUT2D eigenvalue weighted by Gasteiger charge is 2.25. The Bertz CT molecular complexity index is 681. The average Bonchev–Trinajstić information content (AvgIpc) is 3.20. The minimum absolute atomic E-state index is 0.0606. The Morgan fingerprint density at radius 3 is 3.10 bits per heavy atom. The minimum Gasteiger partial charge on any atom is -0.323 e. The lowest BCUT2D eigenvalue weighted by Crippen LogP contribution is -1.97. The summed E-state index contributed by atoms with van der Waals surface area (Å²) in [5.41, 5.74) is 1.15. The fraction of sp³-hybridized carbons (Fsp3) is 0.308. The van der Waals surface area contributed by atoms with E-state index >= 15 is 0 Å². The van der Waals surface area contributed by atoms with E-state index in [1.54, 1.807) is 24.4 Å². The van der Waals surface area contributed by atoms with E-state index in [9.17, 15) is 4.21 Å². The van der Waals surface area contributed by atoms with E-state index in [4.69, 9.17) is 4.55 Å². The highest BCUT2D eigenvalue weighted by atomic mass is 32.2. The van der Waals surface area contributed by atoms with Gasteiger partial charge >= 0.3 is 0 Å². The van der Waals surface area contributed by atoms with Gasteiger partial charge in [0.15, 0.2) is 22.7 Å². The van der Waals surface area contributed by atoms with Gasteiger partial charge in [0.25, 0.3) is 0 Å². The lowest BCUT2D eigenvalue weighted by atomic mass is 10.3. The maximum atomic E-state index is 10.6. The smallest absolute Gasteiger partial charge is 0.156 e. The Morgan fingerprint density at radius 1 is 1.48 bits per heavy atom. The van der Waals surface area contributed by atoms with Crippen molar-refractivity contribution in [1.29, 1.82) is 0 Å². The van der Waals surface area contributed by atoms with Gasteiger partial charge in [-0.1, -0.05) is 6.08 Å². The molecule has 0 amide bonds. The van der Waals surface area contributed by atoms with Gasteiger partial charge in [0.1, 0.15) is 5.82 Å². The van der Waals surface area contributed by atoms with Gasteiger partial charge in [0, 0.05) is 23.9 Å². The van der Waals surface area contributed by atoms with Gasteiger partial charge in [-0.2, -0.15) is 5.10 Å². The molecule has 1 unspecified atom stereocenters. The van der Waals surface area contributed by atoms with Gasteiger partial charge in [-0.15, -0.1) is 0 Å². The Kier molecular flexibility index (Phi) is 4.07. The number of aromatic nitrogens is 4. The van der Waals surface area contributed by atoms with Gasteiger partial charge in [0.2, 0.25) is 0 Å². The monoisotopic (exact) mass is 305 g/mol. The van der Waals surface area contributed by atoms with Crippen LogP contribution in [0.5, 0.6) is 0 Å². The van der Waals surface area contributed by atoms with E-state index in [-0.39, 0.29) is 5.75 Å². The topological polar surface area (TPSA) is 104 Å². The first-order chi connectivity index (χ1) is 10.2. The molecule has 1 aliphatic rings. The normalized spacial score (nSPS) is 16.2. The zero-order valence-corrected chi connectivity index (χ0v) is 12.0. The lowest BCUT2D eigenvalue weighted by molar-refractivity contribution is 0.567. The van der Waals surface area contributed by atoms with E-state index in [0.29, 0.717) is 17.6 Å². The molecule has 2 aromatic heterocycles. The van der Waals surface area contributed by atoms with E-state index < -0.39 is 11.1 Å². The van der Waals surface area contributed by atoms with Crippen LogP contribution in [0.15, 0.2) is 24.4 Å². The third-order valence-electron chi connectivity index (χ3n) is 3.05. The maximum Gasteiger partial charge on any atom is 0.156 e. The number of nitrogens with zero attached hydrogens (tertiary/aromatic N) is 3. The molecule has 2 heterocycles. The number of rotatable bonds is 6. The molecular weight excluding hydrogens is 290 g/mol. The second kappa shape index (κ2) is 6.15. The summed E-state index contributed by atoms with van der Waals surface area (Å²) >= 11 is -1.84. The van der Waals surface area contributed by atoms with Crippen molar-refractivity contribution in [3.63, 3.8) is 0 Å². The van der Waals surface area contributed by atoms with Crippen LogP contribution in [-0.4, -0.2) is 34.7 Å². The van der Waals surface area contributed by atoms with E-state index in [2.05, 4.69) is 25.5 Å². The predicted octanol–water partition coefficient (Wildman–Crippen LogP) is 2.06. The second-order valence-electron chi connectivity index (χ2n) is 4.80. The SMILES string of the molecule is O=S(O)CC=Cc1nccc(Nc2cc(C3CC3)[nH]n2)n1. The summed E-state index contributed by atoms with van der Waals surface area (Å²) in [4.78, 5) is 8.37. The third-order valence-corrected chi connectivity index (χ3v) is 3.53. The van der Waals surface area contributed by atoms with Crippen molar-refractivity contribution in [2.24, 2.45) is 0 Å². The summed E-state index contributed by atoms with van der Waals surface area (Å²) in [5, 5.41) is 10.3. The number of anilines is 2. The molecule has 110 valence electrons. The van der Waals surface area contributed by atoms with Crippen LogP contribution in [0.1, 0.15) is 30.3 Å². The molecule has 0 aromatic carbocycles. The van der Waals surface area contributed by atoms with Crippen LogP contribution in [0.2, 0.25) is 0 Å². The van der Waals surface area contributed by atoms with Crippen molar-refractivity contribution in [1.82, 2.24) is 20.2 Å². The molecule has 3 rings (SSSR count). The Hall–Kier alpha value is -2.06. The molecule has 1 fully saturated rings. The van der Waals surface area contributed by atoms with Crippen molar-refractivity contribution in [3.8, 4) is 0 Å². The van der Waals surface area contributed by atoms with E-state index in [1.165, 1.54) is 12.8 Å². The summed E-state index contributed by atoms with van der Waals surface area (Å²) in [6.07, 6.45) is 7.24. The molecule has 0 spiro atoms. The summed E-state index contributed by atoms with van der Waals surface area (Å²) in [6, 6.07) is 3.73. The molecule has 0 bridgehead atoms. The molecule has 2 aromatic rings. The first kappa shape index (κ1) is 13.9. The highest BCUT2D eigenvalue weighted by Crippen LogP contribution is 2.39. The van der Waals surface area contributed by atoms with Gasteiger partial charge < -0.3 is 9.87 Å². The van der Waals surface area contributed by atoms with Crippen molar-refractivity contribution in [2.75, 3.05) is 11.1 Å². The zero-order valence-electron chi connectivity index (χ0n) is 11.2. The summed E-state index contributed by atoms with van der Waals surface area (Å²) in [5.74, 6) is 2.51. The molecule has 0 radical (unpaired) electrons. The van der Waals surface area contributed by atoms with E-state index in [0.717, 1.165) is 11.5 Å². The second-order valence-corrected chi connectivity index (χ2v) is 5.77. The lowest BCUT2D eigenvalue weighted by Gasteiger charge is -2.01. The molecular formula is C13H15N5O2S. The van der Waals surface area contributed by atoms with Gasteiger partial charge in [-0.25, -0.2) is 14.2 Å². The van der Waals surface area contributed by atoms with Crippen LogP contribution in [0, 0.1) is 0 Å². The van der Waals surface area contributed by atoms with Gasteiger partial charge in [-0.3, -0.25) is 5.10 Å². The largest absolute Gasteiger partial charge is 0.323 e. The van der Waals surface area contributed by atoms with Gasteiger partial charge in [0.05, 0.1) is 5.75 Å². The van der Waals surface area contributed by atoms with Crippen LogP contribution in [0.25, 0.3) is 6.08 Å². The number of nitrogens with one attached hydrogen (secondary N) is 2. The molecule has 1 saturated carbocycles. The average molecular weight is 305 g/mol. The maximum absolute atomic E-state index is 10.6. The van der Waals surface area contributed by atoms with Crippen LogP contribution in [-0.2, 0) is 11.1 Å². The molecule has 7 nitrogen and oxygen atoms in total. The number of aromatic amines is 1. The van der Waals surface area contributed by atoms with Crippen LogP contribution < -0.4 is 5.32 Å². The highest BCUT2D eigenvalue weighted by molar-refractivity contribution is 7.79. The fourth-order valence-corrected chi connectivity index (χ4v) is 2.16. The van der Waals surface area contributed by atoms with Crippen molar-refractivity contribution >= 4 is 28.8 Å². The summed E-state index contributed by atoms with van der Waals surface area (Å²) < 4.78 is 19.2. The zero-order chi connectivity index (χ0) is 14.7. The fourth-order valence-electron chi connectivity index (χ4n) is 1.89. The van der Waals surface area contributed by atoms with Crippen LogP contribution in [0.3, 0.4) is 0 Å². The third kappa shape index (κ3) is 3.96. The summed E-state index contributed by atoms with van der Waals surface area (Å²) in [7, 11) is 0. The molecule has 1 aliphatic carbocycles. The Labute approximate surface area is 124 Å². The molecule has 21 heavy (non-hydrogen) atoms. The predicted molar refractivity (Wildman–Crippen MR) is 80.5 cm³/mol. The number of hydrogen-bond donors (Lipinski definition) is 3. The quantitative estimate of drug-likeness (QED) is 0.706. The number of hydrogen-bond acceptors (Lipinski definition) is 5. The molecule has 3 N–H and O–H groups in total. The first-order valence-electron chi connectivity index (χ1n) is 6.60. The molecule has 0 saturated heterocycles. The summed E-state index contributed by atoms with van der Waals surface area (Å²) in [6.45, 7) is 0. The van der Waals surface area contributed by atoms with Crippen molar-refractivity contribution in [3.05, 3.63) is 35.9 Å². The Morgan fingerprint density at radius 2 is 2.33 bits per heavy atom. The molecule has 8 heteroatoms. The van der Waals surface area contributed by atoms with E-state index in [1.807, 2.05) is 6.07 Å². The minimum atomic E-state index is -1.84. The number of H-pyrrole nitrogens is 1. The van der Waals surface area contributed by atoms with Crippen LogP contribution in [0.4, 0.5) is 11.6 Å². The Balaban J connectivity index is 1.67. The van der Waals surface area contributed by atoms with Crippen molar-refractivity contribution in [2.45, 2.75) is 18.8 Å². The molecule has 1 atom stereocenters. The van der Waals surface area contributed by atoms with Gasteiger partial charge in [-0.05, 0) is 25.0 Å².